The smallest absolute Gasteiger partial charge is 0.257 e. The molecule has 0 saturated carbocycles. The zero-order valence-electron chi connectivity index (χ0n) is 12.0. The zero-order valence-corrected chi connectivity index (χ0v) is 12.0. The number of nitrogens with zero attached hydrogens (tertiary/aromatic N) is 3. The summed E-state index contributed by atoms with van der Waals surface area (Å²) in [4.78, 5) is 12.4. The SMILES string of the molecule is Cc1cc(C)c(C(=O)Nc2nn(C)cc2C#N)c(C)c1. The van der Waals surface area contributed by atoms with Gasteiger partial charge in [-0.1, -0.05) is 17.7 Å². The molecule has 5 heteroatoms. The fourth-order valence-corrected chi connectivity index (χ4v) is 2.37. The molecule has 0 aliphatic heterocycles. The summed E-state index contributed by atoms with van der Waals surface area (Å²) in [6, 6.07) is 5.94. The Morgan fingerprint density at radius 3 is 2.45 bits per heavy atom. The number of nitriles is 1. The number of hydrogen-bond donors (Lipinski definition) is 1. The number of nitrogens with one attached hydrogen (secondary N) is 1. The third kappa shape index (κ3) is 2.54. The van der Waals surface area contributed by atoms with Crippen molar-refractivity contribution in [3.63, 3.8) is 0 Å². The lowest BCUT2D eigenvalue weighted by Gasteiger charge is -2.10. The molecule has 1 heterocycles. The topological polar surface area (TPSA) is 70.7 Å². The fourth-order valence-electron chi connectivity index (χ4n) is 2.37. The minimum atomic E-state index is -0.241. The van der Waals surface area contributed by atoms with Crippen LogP contribution >= 0.6 is 0 Å². The molecule has 1 aromatic heterocycles. The largest absolute Gasteiger partial charge is 0.304 e. The first-order valence-corrected chi connectivity index (χ1v) is 6.25. The Morgan fingerprint density at radius 2 is 1.90 bits per heavy atom. The van der Waals surface area contributed by atoms with Crippen LogP contribution in [0.1, 0.15) is 32.6 Å². The number of hydrogen-bond acceptors (Lipinski definition) is 3. The first kappa shape index (κ1) is 13.8. The molecule has 102 valence electrons. The number of aromatic nitrogens is 2. The van der Waals surface area contributed by atoms with E-state index in [-0.39, 0.29) is 5.91 Å². The molecule has 20 heavy (non-hydrogen) atoms. The van der Waals surface area contributed by atoms with Crippen LogP contribution in [0, 0.1) is 32.1 Å². The van der Waals surface area contributed by atoms with Crippen molar-refractivity contribution in [3.05, 3.63) is 46.1 Å². The van der Waals surface area contributed by atoms with Crippen molar-refractivity contribution in [2.75, 3.05) is 5.32 Å². The fraction of sp³-hybridized carbons (Fsp3) is 0.267. The number of rotatable bonds is 2. The lowest BCUT2D eigenvalue weighted by molar-refractivity contribution is 0.102. The monoisotopic (exact) mass is 268 g/mol. The van der Waals surface area contributed by atoms with Crippen LogP contribution in [0.3, 0.4) is 0 Å². The van der Waals surface area contributed by atoms with Gasteiger partial charge in [-0.25, -0.2) is 0 Å². The Morgan fingerprint density at radius 1 is 1.30 bits per heavy atom. The highest BCUT2D eigenvalue weighted by Gasteiger charge is 2.16. The molecule has 0 bridgehead atoms. The quantitative estimate of drug-likeness (QED) is 0.909. The maximum absolute atomic E-state index is 12.4. The van der Waals surface area contributed by atoms with Gasteiger partial charge in [-0.15, -0.1) is 0 Å². The molecule has 0 saturated heterocycles. The van der Waals surface area contributed by atoms with Gasteiger partial charge >= 0.3 is 0 Å². The molecule has 1 aromatic carbocycles. The van der Waals surface area contributed by atoms with E-state index in [9.17, 15) is 4.79 Å². The third-order valence-corrected chi connectivity index (χ3v) is 3.09. The molecule has 0 fully saturated rings. The number of anilines is 1. The highest BCUT2D eigenvalue weighted by molar-refractivity contribution is 6.06. The van der Waals surface area contributed by atoms with Crippen LogP contribution in [-0.2, 0) is 7.05 Å². The second-order valence-electron chi connectivity index (χ2n) is 4.90. The maximum Gasteiger partial charge on any atom is 0.257 e. The first-order valence-electron chi connectivity index (χ1n) is 6.25. The van der Waals surface area contributed by atoms with Crippen LogP contribution in [0.4, 0.5) is 5.82 Å². The second-order valence-corrected chi connectivity index (χ2v) is 4.90. The van der Waals surface area contributed by atoms with E-state index in [1.165, 1.54) is 4.68 Å². The summed E-state index contributed by atoms with van der Waals surface area (Å²) in [7, 11) is 1.71. The van der Waals surface area contributed by atoms with E-state index in [1.54, 1.807) is 13.2 Å². The summed E-state index contributed by atoms with van der Waals surface area (Å²) in [6.45, 7) is 5.80. The van der Waals surface area contributed by atoms with E-state index in [0.29, 0.717) is 16.9 Å². The summed E-state index contributed by atoms with van der Waals surface area (Å²) >= 11 is 0. The van der Waals surface area contributed by atoms with Gasteiger partial charge < -0.3 is 5.32 Å². The number of amides is 1. The zero-order chi connectivity index (χ0) is 14.9. The minimum absolute atomic E-state index is 0.241. The highest BCUT2D eigenvalue weighted by Crippen LogP contribution is 2.19. The van der Waals surface area contributed by atoms with Gasteiger partial charge in [0.2, 0.25) is 0 Å². The Bertz CT molecular complexity index is 699. The van der Waals surface area contributed by atoms with E-state index >= 15 is 0 Å². The number of benzene rings is 1. The van der Waals surface area contributed by atoms with Crippen LogP contribution in [0.15, 0.2) is 18.3 Å². The number of carbonyl (C=O) groups excluding carboxylic acids is 1. The van der Waals surface area contributed by atoms with E-state index in [1.807, 2.05) is 39.0 Å². The lowest BCUT2D eigenvalue weighted by atomic mass is 9.99. The van der Waals surface area contributed by atoms with Gasteiger partial charge in [0, 0.05) is 18.8 Å². The Labute approximate surface area is 117 Å². The maximum atomic E-state index is 12.4. The normalized spacial score (nSPS) is 10.2. The van der Waals surface area contributed by atoms with Crippen LogP contribution in [-0.4, -0.2) is 15.7 Å². The van der Waals surface area contributed by atoms with Gasteiger partial charge in [-0.2, -0.15) is 10.4 Å². The molecule has 1 amide bonds. The van der Waals surface area contributed by atoms with Gasteiger partial charge in [0.05, 0.1) is 0 Å². The van der Waals surface area contributed by atoms with Gasteiger partial charge in [-0.3, -0.25) is 9.48 Å². The Hall–Kier alpha value is -2.61. The summed E-state index contributed by atoms with van der Waals surface area (Å²) in [5.74, 6) is 0.0505. The van der Waals surface area contributed by atoms with Crippen molar-refractivity contribution < 1.29 is 4.79 Å². The third-order valence-electron chi connectivity index (χ3n) is 3.09. The Kier molecular flexibility index (Phi) is 3.57. The number of aryl methyl sites for hydroxylation is 4. The predicted molar refractivity (Wildman–Crippen MR) is 76.5 cm³/mol. The van der Waals surface area contributed by atoms with Crippen molar-refractivity contribution in [3.8, 4) is 6.07 Å². The van der Waals surface area contributed by atoms with E-state index in [2.05, 4.69) is 10.4 Å². The minimum Gasteiger partial charge on any atom is -0.304 e. The van der Waals surface area contributed by atoms with E-state index < -0.39 is 0 Å². The predicted octanol–water partition coefficient (Wildman–Crippen LogP) is 2.47. The molecular formula is C15H16N4O. The van der Waals surface area contributed by atoms with Gasteiger partial charge in [0.15, 0.2) is 5.82 Å². The summed E-state index contributed by atoms with van der Waals surface area (Å²) in [5.41, 5.74) is 3.92. The van der Waals surface area contributed by atoms with Crippen molar-refractivity contribution >= 4 is 11.7 Å². The molecule has 0 spiro atoms. The molecule has 0 radical (unpaired) electrons. The van der Waals surface area contributed by atoms with Crippen LogP contribution in [0.5, 0.6) is 0 Å². The van der Waals surface area contributed by atoms with E-state index in [0.717, 1.165) is 16.7 Å². The second kappa shape index (κ2) is 5.17. The van der Waals surface area contributed by atoms with Crippen LogP contribution in [0.2, 0.25) is 0 Å². The molecule has 2 rings (SSSR count). The molecule has 2 aromatic rings. The molecular weight excluding hydrogens is 252 g/mol. The highest BCUT2D eigenvalue weighted by atomic mass is 16.1. The summed E-state index contributed by atoms with van der Waals surface area (Å²) in [5, 5.41) is 15.8. The van der Waals surface area contributed by atoms with Gasteiger partial charge in [0.25, 0.3) is 5.91 Å². The average molecular weight is 268 g/mol. The average Bonchev–Trinajstić information content (AvgIpc) is 2.67. The Balaban J connectivity index is 2.36. The van der Waals surface area contributed by atoms with Crippen molar-refractivity contribution in [1.29, 1.82) is 5.26 Å². The van der Waals surface area contributed by atoms with Crippen molar-refractivity contribution in [2.45, 2.75) is 20.8 Å². The first-order chi connectivity index (χ1) is 9.42. The number of carbonyl (C=O) groups is 1. The standard InChI is InChI=1S/C15H16N4O/c1-9-5-10(2)13(11(3)6-9)15(20)17-14-12(7-16)8-19(4)18-14/h5-6,8H,1-4H3,(H,17,18,20). The molecule has 0 aliphatic carbocycles. The van der Waals surface area contributed by atoms with Crippen LogP contribution in [0.25, 0.3) is 0 Å². The summed E-state index contributed by atoms with van der Waals surface area (Å²) in [6.07, 6.45) is 1.57. The summed E-state index contributed by atoms with van der Waals surface area (Å²) < 4.78 is 1.50. The van der Waals surface area contributed by atoms with Crippen LogP contribution < -0.4 is 5.32 Å². The molecule has 5 nitrogen and oxygen atoms in total. The van der Waals surface area contributed by atoms with Gasteiger partial charge in [-0.05, 0) is 31.9 Å². The van der Waals surface area contributed by atoms with Crippen molar-refractivity contribution in [2.24, 2.45) is 7.05 Å². The molecule has 0 atom stereocenters. The molecule has 0 aliphatic rings. The molecule has 1 N–H and O–H groups in total. The van der Waals surface area contributed by atoms with Crippen molar-refractivity contribution in [1.82, 2.24) is 9.78 Å². The van der Waals surface area contributed by atoms with Gasteiger partial charge in [0.1, 0.15) is 11.6 Å². The lowest BCUT2D eigenvalue weighted by Crippen LogP contribution is -2.16. The van der Waals surface area contributed by atoms with E-state index in [4.69, 9.17) is 5.26 Å². The molecule has 0 unspecified atom stereocenters.